The van der Waals surface area contributed by atoms with Crippen LogP contribution in [0.5, 0.6) is 0 Å². The first-order valence-electron chi connectivity index (χ1n) is 5.70. The Hall–Kier alpha value is -0.120. The molecule has 0 bridgehead atoms. The van der Waals surface area contributed by atoms with Crippen molar-refractivity contribution in [2.75, 3.05) is 34.2 Å². The van der Waals surface area contributed by atoms with Crippen molar-refractivity contribution in [3.05, 3.63) is 0 Å². The van der Waals surface area contributed by atoms with Crippen molar-refractivity contribution in [2.24, 2.45) is 5.73 Å². The predicted octanol–water partition coefficient (Wildman–Crippen LogP) is 0.750. The molecule has 1 aliphatic carbocycles. The molecule has 0 heterocycles. The summed E-state index contributed by atoms with van der Waals surface area (Å²) in [5, 5.41) is 0. The molecule has 0 radical (unpaired) electrons. The molecular formula is C11H25N3. The highest BCUT2D eigenvalue weighted by atomic mass is 15.2. The van der Waals surface area contributed by atoms with Gasteiger partial charge in [-0.3, -0.25) is 0 Å². The van der Waals surface area contributed by atoms with Crippen LogP contribution in [0.15, 0.2) is 0 Å². The summed E-state index contributed by atoms with van der Waals surface area (Å²) in [4.78, 5) is 4.73. The number of nitrogens with zero attached hydrogens (tertiary/aromatic N) is 2. The van der Waals surface area contributed by atoms with Crippen LogP contribution in [0.2, 0.25) is 0 Å². The second-order valence-electron chi connectivity index (χ2n) is 4.85. The average molecular weight is 199 g/mol. The smallest absolute Gasteiger partial charge is 0.0109 e. The van der Waals surface area contributed by atoms with Crippen molar-refractivity contribution < 1.29 is 0 Å². The van der Waals surface area contributed by atoms with Gasteiger partial charge in [0.25, 0.3) is 0 Å². The van der Waals surface area contributed by atoms with Crippen molar-refractivity contribution in [1.29, 1.82) is 0 Å². The summed E-state index contributed by atoms with van der Waals surface area (Å²) >= 11 is 0. The Bertz CT molecular complexity index is 151. The summed E-state index contributed by atoms with van der Waals surface area (Å²) in [5.41, 5.74) is 5.89. The summed E-state index contributed by atoms with van der Waals surface area (Å²) in [7, 11) is 6.50. The van der Waals surface area contributed by atoms with E-state index in [1.165, 1.54) is 32.2 Å². The summed E-state index contributed by atoms with van der Waals surface area (Å²) in [6.07, 6.45) is 4.98. The third-order valence-corrected chi connectivity index (χ3v) is 3.26. The molecule has 1 rings (SSSR count). The fraction of sp³-hybridized carbons (Fsp3) is 1.00. The fourth-order valence-corrected chi connectivity index (χ4v) is 2.08. The Morgan fingerprint density at radius 1 is 1.00 bits per heavy atom. The Kier molecular flexibility index (Phi) is 4.85. The molecule has 84 valence electrons. The van der Waals surface area contributed by atoms with Gasteiger partial charge in [0.05, 0.1) is 0 Å². The Labute approximate surface area is 88.2 Å². The zero-order valence-corrected chi connectivity index (χ0v) is 9.87. The first-order chi connectivity index (χ1) is 6.59. The largest absolute Gasteiger partial charge is 0.328 e. The van der Waals surface area contributed by atoms with Gasteiger partial charge in [0.15, 0.2) is 0 Å². The Morgan fingerprint density at radius 2 is 1.57 bits per heavy atom. The van der Waals surface area contributed by atoms with Crippen LogP contribution in [0.25, 0.3) is 0 Å². The molecule has 0 aromatic carbocycles. The molecule has 14 heavy (non-hydrogen) atoms. The van der Waals surface area contributed by atoms with Gasteiger partial charge in [-0.2, -0.15) is 0 Å². The van der Waals surface area contributed by atoms with Crippen molar-refractivity contribution in [1.82, 2.24) is 9.80 Å². The minimum absolute atomic E-state index is 0.466. The SMILES string of the molecule is CN(C)CCN(C)[C@H]1CC[C@H](N)CC1. The molecule has 1 saturated carbocycles. The van der Waals surface area contributed by atoms with E-state index in [1.807, 2.05) is 0 Å². The maximum Gasteiger partial charge on any atom is 0.0109 e. The van der Waals surface area contributed by atoms with E-state index < -0.39 is 0 Å². The molecule has 0 aliphatic heterocycles. The monoisotopic (exact) mass is 199 g/mol. The number of hydrogen-bond donors (Lipinski definition) is 1. The third-order valence-electron chi connectivity index (χ3n) is 3.26. The van der Waals surface area contributed by atoms with Gasteiger partial charge in [-0.1, -0.05) is 0 Å². The van der Waals surface area contributed by atoms with Crippen LogP contribution in [0.1, 0.15) is 25.7 Å². The fourth-order valence-electron chi connectivity index (χ4n) is 2.08. The molecule has 1 aliphatic rings. The molecule has 0 atom stereocenters. The lowest BCUT2D eigenvalue weighted by molar-refractivity contribution is 0.170. The van der Waals surface area contributed by atoms with Crippen LogP contribution in [-0.2, 0) is 0 Å². The second kappa shape index (κ2) is 5.69. The van der Waals surface area contributed by atoms with Crippen LogP contribution in [0, 0.1) is 0 Å². The van der Waals surface area contributed by atoms with Crippen molar-refractivity contribution >= 4 is 0 Å². The van der Waals surface area contributed by atoms with E-state index in [-0.39, 0.29) is 0 Å². The van der Waals surface area contributed by atoms with E-state index in [0.717, 1.165) is 12.6 Å². The molecular weight excluding hydrogens is 174 g/mol. The van der Waals surface area contributed by atoms with E-state index in [2.05, 4.69) is 30.9 Å². The van der Waals surface area contributed by atoms with Crippen LogP contribution in [0.4, 0.5) is 0 Å². The van der Waals surface area contributed by atoms with Gasteiger partial charge in [-0.15, -0.1) is 0 Å². The van der Waals surface area contributed by atoms with Gasteiger partial charge in [0.2, 0.25) is 0 Å². The number of likely N-dealkylation sites (N-methyl/N-ethyl adjacent to an activating group) is 2. The summed E-state index contributed by atoms with van der Waals surface area (Å²) in [6, 6.07) is 1.24. The Morgan fingerprint density at radius 3 is 2.07 bits per heavy atom. The summed E-state index contributed by atoms with van der Waals surface area (Å²) in [5.74, 6) is 0. The number of rotatable bonds is 4. The van der Waals surface area contributed by atoms with E-state index in [0.29, 0.717) is 6.04 Å². The van der Waals surface area contributed by atoms with Gasteiger partial charge >= 0.3 is 0 Å². The van der Waals surface area contributed by atoms with Crippen molar-refractivity contribution in [2.45, 2.75) is 37.8 Å². The minimum Gasteiger partial charge on any atom is -0.328 e. The van der Waals surface area contributed by atoms with Crippen LogP contribution < -0.4 is 5.73 Å². The number of nitrogens with two attached hydrogens (primary N) is 1. The predicted molar refractivity (Wildman–Crippen MR) is 61.4 cm³/mol. The zero-order chi connectivity index (χ0) is 10.6. The molecule has 0 unspecified atom stereocenters. The molecule has 0 aromatic heterocycles. The van der Waals surface area contributed by atoms with Gasteiger partial charge in [0, 0.05) is 25.2 Å². The number of hydrogen-bond acceptors (Lipinski definition) is 3. The lowest BCUT2D eigenvalue weighted by Gasteiger charge is -2.34. The average Bonchev–Trinajstić information content (AvgIpc) is 2.15. The first-order valence-corrected chi connectivity index (χ1v) is 5.70. The summed E-state index contributed by atoms with van der Waals surface area (Å²) < 4.78 is 0. The highest BCUT2D eigenvalue weighted by Crippen LogP contribution is 2.20. The first kappa shape index (κ1) is 12.0. The molecule has 3 nitrogen and oxygen atoms in total. The highest BCUT2D eigenvalue weighted by molar-refractivity contribution is 4.79. The second-order valence-corrected chi connectivity index (χ2v) is 4.85. The molecule has 0 aromatic rings. The molecule has 2 N–H and O–H groups in total. The lowest BCUT2D eigenvalue weighted by atomic mass is 9.91. The molecule has 0 saturated heterocycles. The summed E-state index contributed by atoms with van der Waals surface area (Å²) in [6.45, 7) is 2.33. The van der Waals surface area contributed by atoms with Gasteiger partial charge in [0.1, 0.15) is 0 Å². The third kappa shape index (κ3) is 3.95. The van der Waals surface area contributed by atoms with E-state index in [9.17, 15) is 0 Å². The van der Waals surface area contributed by atoms with Crippen LogP contribution in [0.3, 0.4) is 0 Å². The van der Waals surface area contributed by atoms with Gasteiger partial charge < -0.3 is 15.5 Å². The quantitative estimate of drug-likeness (QED) is 0.725. The molecule has 1 fully saturated rings. The zero-order valence-electron chi connectivity index (χ0n) is 9.87. The van der Waals surface area contributed by atoms with E-state index >= 15 is 0 Å². The normalized spacial score (nSPS) is 28.7. The molecule has 0 amide bonds. The minimum atomic E-state index is 0.466. The maximum atomic E-state index is 5.89. The van der Waals surface area contributed by atoms with E-state index in [4.69, 9.17) is 5.73 Å². The van der Waals surface area contributed by atoms with Crippen molar-refractivity contribution in [3.63, 3.8) is 0 Å². The van der Waals surface area contributed by atoms with Crippen LogP contribution >= 0.6 is 0 Å². The van der Waals surface area contributed by atoms with Gasteiger partial charge in [-0.25, -0.2) is 0 Å². The Balaban J connectivity index is 2.20. The molecule has 3 heteroatoms. The standard InChI is InChI=1S/C11H25N3/c1-13(2)8-9-14(3)11-6-4-10(12)5-7-11/h10-11H,4-9,12H2,1-3H3/t10-,11-. The topological polar surface area (TPSA) is 32.5 Å². The van der Waals surface area contributed by atoms with E-state index in [1.54, 1.807) is 0 Å². The molecule has 0 spiro atoms. The maximum absolute atomic E-state index is 5.89. The van der Waals surface area contributed by atoms with Gasteiger partial charge in [-0.05, 0) is 46.8 Å². The lowest BCUT2D eigenvalue weighted by Crippen LogP contribution is -2.41. The van der Waals surface area contributed by atoms with Crippen molar-refractivity contribution in [3.8, 4) is 0 Å². The van der Waals surface area contributed by atoms with Crippen LogP contribution in [-0.4, -0.2) is 56.1 Å². The highest BCUT2D eigenvalue weighted by Gasteiger charge is 2.21.